The minimum Gasteiger partial charge on any atom is -0.456 e. The molecule has 2 nitrogen and oxygen atoms in total. The zero-order valence-corrected chi connectivity index (χ0v) is 12.7. The number of ether oxygens (including phenoxy) is 1. The van der Waals surface area contributed by atoms with Crippen LogP contribution < -0.4 is 4.74 Å². The van der Waals surface area contributed by atoms with Crippen molar-refractivity contribution in [3.05, 3.63) is 58.7 Å². The summed E-state index contributed by atoms with van der Waals surface area (Å²) in [5.74, 6) is 2.99. The van der Waals surface area contributed by atoms with Gasteiger partial charge >= 0.3 is 0 Å². The standard InChI is InChI=1S/C17H19NOS/c1-18(2)11-5-8-14-13-7-3-4-9-15(13)19-16-10-6-12-20-17(14)16/h3-4,6-10H,5,11-12H2,1-2H3. The summed E-state index contributed by atoms with van der Waals surface area (Å²) in [5.41, 5.74) is 2.55. The Labute approximate surface area is 124 Å². The van der Waals surface area contributed by atoms with Crippen molar-refractivity contribution >= 4 is 17.3 Å². The fourth-order valence-corrected chi connectivity index (χ4v) is 3.37. The number of thioether (sulfide) groups is 1. The van der Waals surface area contributed by atoms with E-state index in [2.05, 4.69) is 49.4 Å². The number of benzene rings is 1. The van der Waals surface area contributed by atoms with E-state index in [1.165, 1.54) is 16.0 Å². The van der Waals surface area contributed by atoms with Crippen molar-refractivity contribution in [1.82, 2.24) is 4.90 Å². The van der Waals surface area contributed by atoms with Gasteiger partial charge in [0.15, 0.2) is 0 Å². The van der Waals surface area contributed by atoms with Crippen molar-refractivity contribution in [1.29, 1.82) is 0 Å². The molecule has 0 N–H and O–H groups in total. The van der Waals surface area contributed by atoms with Crippen LogP contribution in [-0.4, -0.2) is 31.3 Å². The number of fused-ring (bicyclic) bond motifs is 1. The van der Waals surface area contributed by atoms with E-state index < -0.39 is 0 Å². The molecule has 2 heterocycles. The zero-order chi connectivity index (χ0) is 13.9. The molecular formula is C17H19NOS. The highest BCUT2D eigenvalue weighted by atomic mass is 32.2. The fraction of sp³-hybridized carbons (Fsp3) is 0.294. The van der Waals surface area contributed by atoms with Gasteiger partial charge in [0.1, 0.15) is 11.5 Å². The molecule has 0 aliphatic carbocycles. The second-order valence-electron chi connectivity index (χ2n) is 5.21. The first-order chi connectivity index (χ1) is 9.75. The normalized spacial score (nSPS) is 19.1. The smallest absolute Gasteiger partial charge is 0.141 e. The average molecular weight is 285 g/mol. The van der Waals surface area contributed by atoms with Gasteiger partial charge in [-0.25, -0.2) is 0 Å². The second kappa shape index (κ2) is 5.90. The lowest BCUT2D eigenvalue weighted by atomic mass is 10.00. The third-order valence-corrected chi connectivity index (χ3v) is 4.45. The molecule has 3 heteroatoms. The van der Waals surface area contributed by atoms with Gasteiger partial charge in [-0.3, -0.25) is 0 Å². The molecule has 0 saturated heterocycles. The first-order valence-corrected chi connectivity index (χ1v) is 7.90. The van der Waals surface area contributed by atoms with Gasteiger partial charge in [-0.2, -0.15) is 0 Å². The minimum absolute atomic E-state index is 0.967. The van der Waals surface area contributed by atoms with E-state index in [1.54, 1.807) is 0 Å². The van der Waals surface area contributed by atoms with Gasteiger partial charge in [-0.1, -0.05) is 30.4 Å². The van der Waals surface area contributed by atoms with Gasteiger partial charge < -0.3 is 9.64 Å². The molecule has 0 atom stereocenters. The van der Waals surface area contributed by atoms with E-state index in [1.807, 2.05) is 23.9 Å². The third kappa shape index (κ3) is 2.69. The van der Waals surface area contributed by atoms with E-state index in [0.29, 0.717) is 0 Å². The summed E-state index contributed by atoms with van der Waals surface area (Å²) in [4.78, 5) is 3.50. The van der Waals surface area contributed by atoms with Crippen LogP contribution >= 0.6 is 11.8 Å². The van der Waals surface area contributed by atoms with Gasteiger partial charge in [0.05, 0.1) is 4.91 Å². The van der Waals surface area contributed by atoms with Gasteiger partial charge in [-0.15, -0.1) is 11.8 Å². The predicted octanol–water partition coefficient (Wildman–Crippen LogP) is 3.93. The summed E-state index contributed by atoms with van der Waals surface area (Å²) >= 11 is 1.86. The van der Waals surface area contributed by atoms with Crippen LogP contribution in [0.2, 0.25) is 0 Å². The van der Waals surface area contributed by atoms with Crippen molar-refractivity contribution in [3.63, 3.8) is 0 Å². The molecule has 1 aromatic rings. The SMILES string of the molecule is CN(C)CCC=C1C2=C(C=CCS2)Oc2ccccc21. The quantitative estimate of drug-likeness (QED) is 0.835. The molecule has 0 bridgehead atoms. The monoisotopic (exact) mass is 285 g/mol. The van der Waals surface area contributed by atoms with Crippen molar-refractivity contribution in [3.8, 4) is 5.75 Å². The maximum absolute atomic E-state index is 6.01. The van der Waals surface area contributed by atoms with Crippen LogP contribution in [-0.2, 0) is 0 Å². The maximum atomic E-state index is 6.01. The Morgan fingerprint density at radius 1 is 1.30 bits per heavy atom. The summed E-state index contributed by atoms with van der Waals surface area (Å²) < 4.78 is 6.01. The summed E-state index contributed by atoms with van der Waals surface area (Å²) in [6.07, 6.45) is 7.66. The van der Waals surface area contributed by atoms with E-state index >= 15 is 0 Å². The van der Waals surface area contributed by atoms with Crippen LogP contribution in [0.3, 0.4) is 0 Å². The number of rotatable bonds is 3. The lowest BCUT2D eigenvalue weighted by molar-refractivity contribution is 0.417. The summed E-state index contributed by atoms with van der Waals surface area (Å²) in [5, 5.41) is 0. The molecule has 0 fully saturated rings. The molecule has 1 aromatic carbocycles. The van der Waals surface area contributed by atoms with Crippen molar-refractivity contribution in [2.75, 3.05) is 26.4 Å². The Hall–Kier alpha value is -1.45. The largest absolute Gasteiger partial charge is 0.456 e. The number of para-hydroxylation sites is 1. The Bertz CT molecular complexity index is 599. The lowest BCUT2D eigenvalue weighted by Gasteiger charge is -2.26. The van der Waals surface area contributed by atoms with Crippen LogP contribution in [0.25, 0.3) is 5.57 Å². The molecule has 0 aromatic heterocycles. The van der Waals surface area contributed by atoms with E-state index in [-0.39, 0.29) is 0 Å². The molecular weight excluding hydrogens is 266 g/mol. The highest BCUT2D eigenvalue weighted by Crippen LogP contribution is 2.45. The highest BCUT2D eigenvalue weighted by molar-refractivity contribution is 8.03. The van der Waals surface area contributed by atoms with E-state index in [4.69, 9.17) is 4.74 Å². The fourth-order valence-electron chi connectivity index (χ4n) is 2.41. The van der Waals surface area contributed by atoms with Crippen LogP contribution in [0.5, 0.6) is 5.75 Å². The summed E-state index contributed by atoms with van der Waals surface area (Å²) in [6, 6.07) is 8.31. The molecule has 0 radical (unpaired) electrons. The summed E-state index contributed by atoms with van der Waals surface area (Å²) in [7, 11) is 4.22. The molecule has 3 rings (SSSR count). The number of allylic oxidation sites excluding steroid dienone is 2. The zero-order valence-electron chi connectivity index (χ0n) is 11.9. The molecule has 0 spiro atoms. The predicted molar refractivity (Wildman–Crippen MR) is 86.8 cm³/mol. The Morgan fingerprint density at radius 2 is 2.15 bits per heavy atom. The molecule has 0 amide bonds. The van der Waals surface area contributed by atoms with Crippen LogP contribution in [0, 0.1) is 0 Å². The van der Waals surface area contributed by atoms with Crippen molar-refractivity contribution in [2.45, 2.75) is 6.42 Å². The Morgan fingerprint density at radius 3 is 3.00 bits per heavy atom. The van der Waals surface area contributed by atoms with Gasteiger partial charge in [0, 0.05) is 17.9 Å². The van der Waals surface area contributed by atoms with E-state index in [9.17, 15) is 0 Å². The first-order valence-electron chi connectivity index (χ1n) is 6.92. The van der Waals surface area contributed by atoms with Crippen LogP contribution in [0.1, 0.15) is 12.0 Å². The topological polar surface area (TPSA) is 12.5 Å². The van der Waals surface area contributed by atoms with Gasteiger partial charge in [-0.05, 0) is 38.2 Å². The van der Waals surface area contributed by atoms with Gasteiger partial charge in [0.25, 0.3) is 0 Å². The van der Waals surface area contributed by atoms with Crippen molar-refractivity contribution < 1.29 is 4.74 Å². The third-order valence-electron chi connectivity index (χ3n) is 3.38. The Balaban J connectivity index is 1.99. The second-order valence-corrected chi connectivity index (χ2v) is 6.24. The number of hydrogen-bond donors (Lipinski definition) is 0. The Kier molecular flexibility index (Phi) is 3.99. The molecule has 104 valence electrons. The average Bonchev–Trinajstić information content (AvgIpc) is 2.46. The molecule has 0 unspecified atom stereocenters. The van der Waals surface area contributed by atoms with E-state index in [0.717, 1.165) is 30.2 Å². The number of nitrogens with zero attached hydrogens (tertiary/aromatic N) is 1. The van der Waals surface area contributed by atoms with Crippen molar-refractivity contribution in [2.24, 2.45) is 0 Å². The van der Waals surface area contributed by atoms with Crippen LogP contribution in [0.15, 0.2) is 53.2 Å². The molecule has 20 heavy (non-hydrogen) atoms. The van der Waals surface area contributed by atoms with Gasteiger partial charge in [0.2, 0.25) is 0 Å². The van der Waals surface area contributed by atoms with Crippen LogP contribution in [0.4, 0.5) is 0 Å². The molecule has 2 aliphatic heterocycles. The maximum Gasteiger partial charge on any atom is 0.141 e. The first kappa shape index (κ1) is 13.5. The lowest BCUT2D eigenvalue weighted by Crippen LogP contribution is -2.13. The minimum atomic E-state index is 0.967. The molecule has 0 saturated carbocycles. The summed E-state index contributed by atoms with van der Waals surface area (Å²) in [6.45, 7) is 1.07. The highest BCUT2D eigenvalue weighted by Gasteiger charge is 2.24. The number of hydrogen-bond acceptors (Lipinski definition) is 3. The molecule has 2 aliphatic rings.